The van der Waals surface area contributed by atoms with Crippen LogP contribution in [0.5, 0.6) is 0 Å². The maximum absolute atomic E-state index is 11.5. The smallest absolute Gasteiger partial charge is 0.312 e. The molecule has 0 aromatic heterocycles. The van der Waals surface area contributed by atoms with Crippen molar-refractivity contribution in [3.8, 4) is 0 Å². The summed E-state index contributed by atoms with van der Waals surface area (Å²) in [5, 5.41) is 5.17. The molecule has 1 atom stereocenters. The van der Waals surface area contributed by atoms with E-state index in [1.807, 2.05) is 0 Å². The summed E-state index contributed by atoms with van der Waals surface area (Å²) in [7, 11) is 0. The lowest BCUT2D eigenvalue weighted by Gasteiger charge is -2.31. The number of urea groups is 1. The normalized spacial score (nSPS) is 24.5. The van der Waals surface area contributed by atoms with Gasteiger partial charge in [0, 0.05) is 19.1 Å². The molecule has 1 saturated heterocycles. The molecule has 1 heterocycles. The quantitative estimate of drug-likeness (QED) is 0.683. The SMILES string of the molecule is NC(=O)NCC(=O)NCC1CCN(C2CCCCC2)C1. The molecular formula is C14H26N4O2. The molecule has 0 aromatic rings. The van der Waals surface area contributed by atoms with Crippen molar-refractivity contribution in [1.29, 1.82) is 0 Å². The van der Waals surface area contributed by atoms with E-state index < -0.39 is 6.03 Å². The predicted molar refractivity (Wildman–Crippen MR) is 77.1 cm³/mol. The molecule has 2 rings (SSSR count). The predicted octanol–water partition coefficient (Wildman–Crippen LogP) is 0.425. The second-order valence-corrected chi connectivity index (χ2v) is 5.96. The third-order valence-electron chi connectivity index (χ3n) is 4.42. The summed E-state index contributed by atoms with van der Waals surface area (Å²) in [4.78, 5) is 24.6. The zero-order valence-electron chi connectivity index (χ0n) is 12.1. The molecule has 0 radical (unpaired) electrons. The number of nitrogens with zero attached hydrogens (tertiary/aromatic N) is 1. The Morgan fingerprint density at radius 2 is 1.85 bits per heavy atom. The maximum Gasteiger partial charge on any atom is 0.312 e. The van der Waals surface area contributed by atoms with E-state index in [4.69, 9.17) is 5.73 Å². The van der Waals surface area contributed by atoms with Crippen molar-refractivity contribution in [3.05, 3.63) is 0 Å². The number of carbonyl (C=O) groups is 2. The largest absolute Gasteiger partial charge is 0.354 e. The van der Waals surface area contributed by atoms with E-state index in [9.17, 15) is 9.59 Å². The molecule has 1 saturated carbocycles. The van der Waals surface area contributed by atoms with Crippen molar-refractivity contribution in [2.24, 2.45) is 11.7 Å². The van der Waals surface area contributed by atoms with E-state index in [1.54, 1.807) is 0 Å². The molecule has 1 aliphatic carbocycles. The average Bonchev–Trinajstić information content (AvgIpc) is 2.93. The minimum Gasteiger partial charge on any atom is -0.354 e. The van der Waals surface area contributed by atoms with Gasteiger partial charge in [0.1, 0.15) is 0 Å². The van der Waals surface area contributed by atoms with Crippen molar-refractivity contribution in [2.75, 3.05) is 26.2 Å². The summed E-state index contributed by atoms with van der Waals surface area (Å²) in [6.45, 7) is 2.91. The molecule has 20 heavy (non-hydrogen) atoms. The molecule has 3 amide bonds. The van der Waals surface area contributed by atoms with Gasteiger partial charge in [-0.05, 0) is 31.7 Å². The first kappa shape index (κ1) is 15.1. The molecule has 1 aliphatic heterocycles. The lowest BCUT2D eigenvalue weighted by Crippen LogP contribution is -2.41. The summed E-state index contributed by atoms with van der Waals surface area (Å²) in [6, 6.07) is 0.102. The number of hydrogen-bond donors (Lipinski definition) is 3. The second-order valence-electron chi connectivity index (χ2n) is 5.96. The third-order valence-corrected chi connectivity index (χ3v) is 4.42. The Hall–Kier alpha value is -1.30. The Morgan fingerprint density at radius 1 is 1.10 bits per heavy atom. The highest BCUT2D eigenvalue weighted by molar-refractivity contribution is 5.83. The van der Waals surface area contributed by atoms with Crippen LogP contribution in [0.3, 0.4) is 0 Å². The summed E-state index contributed by atoms with van der Waals surface area (Å²) >= 11 is 0. The Balaban J connectivity index is 1.63. The van der Waals surface area contributed by atoms with Gasteiger partial charge in [0.25, 0.3) is 0 Å². The molecule has 2 fully saturated rings. The Morgan fingerprint density at radius 3 is 2.55 bits per heavy atom. The molecule has 1 unspecified atom stereocenters. The van der Waals surface area contributed by atoms with Gasteiger partial charge < -0.3 is 21.3 Å². The Bertz CT molecular complexity index is 342. The van der Waals surface area contributed by atoms with Crippen LogP contribution in [0.1, 0.15) is 38.5 Å². The Kier molecular flexibility index (Phi) is 5.64. The van der Waals surface area contributed by atoms with Crippen LogP contribution in [0.15, 0.2) is 0 Å². The number of nitrogens with two attached hydrogens (primary N) is 1. The highest BCUT2D eigenvalue weighted by Gasteiger charge is 2.28. The first-order chi connectivity index (χ1) is 9.65. The van der Waals surface area contributed by atoms with Crippen LogP contribution in [0.4, 0.5) is 4.79 Å². The van der Waals surface area contributed by atoms with Crippen LogP contribution in [-0.4, -0.2) is 49.1 Å². The van der Waals surface area contributed by atoms with Crippen LogP contribution in [0.2, 0.25) is 0 Å². The molecule has 0 bridgehead atoms. The van der Waals surface area contributed by atoms with Crippen LogP contribution in [-0.2, 0) is 4.79 Å². The number of likely N-dealkylation sites (tertiary alicyclic amines) is 1. The van der Waals surface area contributed by atoms with Crippen LogP contribution >= 0.6 is 0 Å². The highest BCUT2D eigenvalue weighted by Crippen LogP contribution is 2.27. The zero-order valence-corrected chi connectivity index (χ0v) is 12.1. The first-order valence-corrected chi connectivity index (χ1v) is 7.69. The number of amides is 3. The molecule has 0 spiro atoms. The second kappa shape index (κ2) is 7.47. The van der Waals surface area contributed by atoms with Gasteiger partial charge in [0.2, 0.25) is 5.91 Å². The van der Waals surface area contributed by atoms with Crippen molar-refractivity contribution in [2.45, 2.75) is 44.6 Å². The fourth-order valence-electron chi connectivity index (χ4n) is 3.30. The standard InChI is InChI=1S/C14H26N4O2/c15-14(20)17-9-13(19)16-8-11-6-7-18(10-11)12-4-2-1-3-5-12/h11-12H,1-10H2,(H,16,19)(H3,15,17,20). The highest BCUT2D eigenvalue weighted by atomic mass is 16.2. The minimum atomic E-state index is -0.663. The van der Waals surface area contributed by atoms with Gasteiger partial charge in [-0.2, -0.15) is 0 Å². The van der Waals surface area contributed by atoms with Crippen LogP contribution in [0, 0.1) is 5.92 Å². The molecule has 4 N–H and O–H groups in total. The minimum absolute atomic E-state index is 0.0333. The lowest BCUT2D eigenvalue weighted by atomic mass is 9.94. The van der Waals surface area contributed by atoms with Gasteiger partial charge in [0.05, 0.1) is 6.54 Å². The van der Waals surface area contributed by atoms with Crippen molar-refractivity contribution in [3.63, 3.8) is 0 Å². The van der Waals surface area contributed by atoms with Gasteiger partial charge in [-0.1, -0.05) is 19.3 Å². The maximum atomic E-state index is 11.5. The van der Waals surface area contributed by atoms with E-state index in [0.29, 0.717) is 12.5 Å². The van der Waals surface area contributed by atoms with E-state index in [-0.39, 0.29) is 12.5 Å². The summed E-state index contributed by atoms with van der Waals surface area (Å²) in [6.07, 6.45) is 7.93. The summed E-state index contributed by atoms with van der Waals surface area (Å²) in [5.41, 5.74) is 4.92. The summed E-state index contributed by atoms with van der Waals surface area (Å²) < 4.78 is 0. The van der Waals surface area contributed by atoms with Gasteiger partial charge in [-0.25, -0.2) is 4.79 Å². The fraction of sp³-hybridized carbons (Fsp3) is 0.857. The van der Waals surface area contributed by atoms with E-state index in [0.717, 1.165) is 25.6 Å². The first-order valence-electron chi connectivity index (χ1n) is 7.69. The van der Waals surface area contributed by atoms with Gasteiger partial charge in [0.15, 0.2) is 0 Å². The van der Waals surface area contributed by atoms with Crippen molar-refractivity contribution >= 4 is 11.9 Å². The molecule has 6 heteroatoms. The molecule has 6 nitrogen and oxygen atoms in total. The van der Waals surface area contributed by atoms with Crippen molar-refractivity contribution in [1.82, 2.24) is 15.5 Å². The third kappa shape index (κ3) is 4.67. The van der Waals surface area contributed by atoms with E-state index in [2.05, 4.69) is 15.5 Å². The molecule has 0 aromatic carbocycles. The number of rotatable bonds is 5. The van der Waals surface area contributed by atoms with Gasteiger partial charge in [-0.3, -0.25) is 4.79 Å². The van der Waals surface area contributed by atoms with E-state index in [1.165, 1.54) is 32.1 Å². The number of primary amides is 1. The zero-order chi connectivity index (χ0) is 14.4. The topological polar surface area (TPSA) is 87.5 Å². The van der Waals surface area contributed by atoms with Gasteiger partial charge >= 0.3 is 6.03 Å². The number of hydrogen-bond acceptors (Lipinski definition) is 3. The van der Waals surface area contributed by atoms with Crippen molar-refractivity contribution < 1.29 is 9.59 Å². The molecule has 2 aliphatic rings. The number of nitrogens with one attached hydrogen (secondary N) is 2. The summed E-state index contributed by atoms with van der Waals surface area (Å²) in [5.74, 6) is 0.370. The molecule has 114 valence electrons. The Labute approximate surface area is 120 Å². The fourth-order valence-corrected chi connectivity index (χ4v) is 3.30. The lowest BCUT2D eigenvalue weighted by molar-refractivity contribution is -0.120. The average molecular weight is 282 g/mol. The van der Waals surface area contributed by atoms with Gasteiger partial charge in [-0.15, -0.1) is 0 Å². The van der Waals surface area contributed by atoms with Crippen LogP contribution in [0.25, 0.3) is 0 Å². The number of carbonyl (C=O) groups excluding carboxylic acids is 2. The monoisotopic (exact) mass is 282 g/mol. The van der Waals surface area contributed by atoms with E-state index >= 15 is 0 Å². The molecular weight excluding hydrogens is 256 g/mol. The van der Waals surface area contributed by atoms with Crippen LogP contribution < -0.4 is 16.4 Å².